The molecule has 0 saturated heterocycles. The fraction of sp³-hybridized carbons (Fsp3) is 0.455. The van der Waals surface area contributed by atoms with Gasteiger partial charge in [-0.2, -0.15) is 0 Å². The molecule has 6 heteroatoms. The summed E-state index contributed by atoms with van der Waals surface area (Å²) in [6, 6.07) is 0.627. The minimum atomic E-state index is -1.02. The first-order chi connectivity index (χ1) is 8.06. The van der Waals surface area contributed by atoms with Crippen LogP contribution < -0.4 is 5.32 Å². The van der Waals surface area contributed by atoms with Gasteiger partial charge >= 0.3 is 5.97 Å². The molecule has 0 spiro atoms. The summed E-state index contributed by atoms with van der Waals surface area (Å²) < 4.78 is 5.22. The summed E-state index contributed by atoms with van der Waals surface area (Å²) in [6.45, 7) is 1.97. The van der Waals surface area contributed by atoms with Crippen molar-refractivity contribution in [3.05, 3.63) is 22.6 Å². The van der Waals surface area contributed by atoms with Crippen LogP contribution in [0.4, 0.5) is 0 Å². The number of carboxylic acids is 1. The number of unbranched alkanes of at least 4 members (excludes halogenated alkanes) is 1. The molecule has 0 unspecified atom stereocenters. The smallest absolute Gasteiger partial charge is 0.326 e. The van der Waals surface area contributed by atoms with Crippen LogP contribution in [0.3, 0.4) is 0 Å². The van der Waals surface area contributed by atoms with Gasteiger partial charge in [0.05, 0.1) is 11.8 Å². The molecule has 0 fully saturated rings. The molecule has 1 aromatic heterocycles. The molecule has 1 aromatic rings. The molecule has 1 rings (SSSR count). The SMILES string of the molecule is CCCC[C@H](NC(=O)c1ccoc1Br)C(=O)O. The topological polar surface area (TPSA) is 79.5 Å². The lowest BCUT2D eigenvalue weighted by molar-refractivity contribution is -0.139. The van der Waals surface area contributed by atoms with Crippen molar-refractivity contribution in [2.45, 2.75) is 32.2 Å². The van der Waals surface area contributed by atoms with E-state index in [4.69, 9.17) is 9.52 Å². The van der Waals surface area contributed by atoms with E-state index < -0.39 is 17.9 Å². The monoisotopic (exact) mass is 303 g/mol. The minimum absolute atomic E-state index is 0.299. The van der Waals surface area contributed by atoms with Gasteiger partial charge in [-0.25, -0.2) is 4.79 Å². The standard InChI is InChI=1S/C11H14BrNO4/c1-2-3-4-8(11(15)16)13-10(14)7-5-6-17-9(7)12/h5-6,8H,2-4H2,1H3,(H,13,14)(H,15,16)/t8-/m0/s1. The van der Waals surface area contributed by atoms with E-state index in [0.29, 0.717) is 16.7 Å². The number of halogens is 1. The number of carbonyl (C=O) groups is 2. The van der Waals surface area contributed by atoms with Crippen LogP contribution in [0, 0.1) is 0 Å². The second-order valence-corrected chi connectivity index (χ2v) is 4.33. The number of rotatable bonds is 6. The number of aliphatic carboxylic acids is 1. The first-order valence-electron chi connectivity index (χ1n) is 5.33. The lowest BCUT2D eigenvalue weighted by Gasteiger charge is -2.13. The predicted molar refractivity (Wildman–Crippen MR) is 64.8 cm³/mol. The third-order valence-corrected chi connectivity index (χ3v) is 2.93. The Kier molecular flexibility index (Phi) is 5.21. The molecule has 0 aliphatic carbocycles. The van der Waals surface area contributed by atoms with Gasteiger partial charge in [-0.3, -0.25) is 4.79 Å². The average molecular weight is 304 g/mol. The molecule has 1 atom stereocenters. The Morgan fingerprint density at radius 1 is 1.59 bits per heavy atom. The van der Waals surface area contributed by atoms with Crippen molar-refractivity contribution in [2.24, 2.45) is 0 Å². The largest absolute Gasteiger partial charge is 0.480 e. The van der Waals surface area contributed by atoms with Crippen LogP contribution in [-0.4, -0.2) is 23.0 Å². The quantitative estimate of drug-likeness (QED) is 0.846. The molecule has 0 aliphatic rings. The molecule has 0 aliphatic heterocycles. The van der Waals surface area contributed by atoms with Crippen molar-refractivity contribution < 1.29 is 19.1 Å². The summed E-state index contributed by atoms with van der Waals surface area (Å²) >= 11 is 3.07. The van der Waals surface area contributed by atoms with Crippen molar-refractivity contribution in [2.75, 3.05) is 0 Å². The highest BCUT2D eigenvalue weighted by Crippen LogP contribution is 2.17. The van der Waals surface area contributed by atoms with Crippen molar-refractivity contribution in [3.63, 3.8) is 0 Å². The van der Waals surface area contributed by atoms with Crippen LogP contribution in [0.1, 0.15) is 36.5 Å². The number of hydrogen-bond donors (Lipinski definition) is 2. The van der Waals surface area contributed by atoms with Crippen molar-refractivity contribution in [1.29, 1.82) is 0 Å². The van der Waals surface area contributed by atoms with Gasteiger partial charge in [-0.05, 0) is 28.4 Å². The number of carboxylic acid groups (broad SMARTS) is 1. The van der Waals surface area contributed by atoms with Gasteiger partial charge in [0.25, 0.3) is 5.91 Å². The van der Waals surface area contributed by atoms with Crippen LogP contribution in [0.25, 0.3) is 0 Å². The molecule has 1 amide bonds. The van der Waals surface area contributed by atoms with E-state index in [2.05, 4.69) is 21.2 Å². The highest BCUT2D eigenvalue weighted by Gasteiger charge is 2.21. The number of hydrogen-bond acceptors (Lipinski definition) is 3. The predicted octanol–water partition coefficient (Wildman–Crippen LogP) is 2.42. The van der Waals surface area contributed by atoms with Crippen molar-refractivity contribution in [1.82, 2.24) is 5.32 Å². The molecule has 2 N–H and O–H groups in total. The molecule has 1 heterocycles. The molecule has 0 aromatic carbocycles. The van der Waals surface area contributed by atoms with Crippen LogP contribution in [0.2, 0.25) is 0 Å². The summed E-state index contributed by atoms with van der Waals surface area (Å²) in [6.07, 6.45) is 3.42. The van der Waals surface area contributed by atoms with E-state index >= 15 is 0 Å². The Morgan fingerprint density at radius 2 is 2.29 bits per heavy atom. The molecule has 0 saturated carbocycles. The highest BCUT2D eigenvalue weighted by atomic mass is 79.9. The second kappa shape index (κ2) is 6.44. The van der Waals surface area contributed by atoms with Gasteiger partial charge in [0, 0.05) is 0 Å². The third-order valence-electron chi connectivity index (χ3n) is 2.31. The highest BCUT2D eigenvalue weighted by molar-refractivity contribution is 9.10. The zero-order chi connectivity index (χ0) is 12.8. The van der Waals surface area contributed by atoms with Crippen LogP contribution in [0.15, 0.2) is 21.4 Å². The molecular weight excluding hydrogens is 290 g/mol. The lowest BCUT2D eigenvalue weighted by Crippen LogP contribution is -2.40. The van der Waals surface area contributed by atoms with Crippen LogP contribution in [0.5, 0.6) is 0 Å². The van der Waals surface area contributed by atoms with Gasteiger partial charge in [-0.15, -0.1) is 0 Å². The van der Waals surface area contributed by atoms with Crippen molar-refractivity contribution >= 4 is 27.8 Å². The van der Waals surface area contributed by atoms with Crippen molar-refractivity contribution in [3.8, 4) is 0 Å². The van der Waals surface area contributed by atoms with E-state index in [-0.39, 0.29) is 0 Å². The first kappa shape index (κ1) is 13.8. The van der Waals surface area contributed by atoms with Gasteiger partial charge in [0.15, 0.2) is 4.67 Å². The average Bonchev–Trinajstić information content (AvgIpc) is 2.70. The zero-order valence-electron chi connectivity index (χ0n) is 9.40. The summed E-state index contributed by atoms with van der Waals surface area (Å²) in [5.41, 5.74) is 0.299. The van der Waals surface area contributed by atoms with E-state index in [1.54, 1.807) is 0 Å². The Morgan fingerprint density at radius 3 is 2.76 bits per heavy atom. The molecule has 17 heavy (non-hydrogen) atoms. The zero-order valence-corrected chi connectivity index (χ0v) is 11.0. The summed E-state index contributed by atoms with van der Waals surface area (Å²) in [7, 11) is 0. The Hall–Kier alpha value is -1.30. The lowest BCUT2D eigenvalue weighted by atomic mass is 10.1. The Bertz CT molecular complexity index is 402. The number of furan rings is 1. The van der Waals surface area contributed by atoms with E-state index in [9.17, 15) is 9.59 Å². The molecule has 5 nitrogen and oxygen atoms in total. The molecular formula is C11H14BrNO4. The van der Waals surface area contributed by atoms with Crippen LogP contribution >= 0.6 is 15.9 Å². The third kappa shape index (κ3) is 3.89. The molecule has 0 radical (unpaired) electrons. The Balaban J connectivity index is 2.64. The van der Waals surface area contributed by atoms with E-state index in [0.717, 1.165) is 12.8 Å². The number of nitrogens with one attached hydrogen (secondary N) is 1. The summed E-state index contributed by atoms with van der Waals surface area (Å²) in [5, 5.41) is 11.4. The second-order valence-electron chi connectivity index (χ2n) is 3.61. The van der Waals surface area contributed by atoms with Gasteiger partial charge in [0.1, 0.15) is 6.04 Å². The fourth-order valence-corrected chi connectivity index (χ4v) is 1.78. The maximum atomic E-state index is 11.7. The van der Waals surface area contributed by atoms with Crippen LogP contribution in [-0.2, 0) is 4.79 Å². The van der Waals surface area contributed by atoms with E-state index in [1.165, 1.54) is 12.3 Å². The van der Waals surface area contributed by atoms with Gasteiger partial charge in [-0.1, -0.05) is 19.8 Å². The number of carbonyl (C=O) groups excluding carboxylic acids is 1. The fourth-order valence-electron chi connectivity index (χ4n) is 1.36. The van der Waals surface area contributed by atoms with E-state index in [1.807, 2.05) is 6.92 Å². The maximum absolute atomic E-state index is 11.7. The molecule has 0 bridgehead atoms. The summed E-state index contributed by atoms with van der Waals surface area (Å²) in [4.78, 5) is 22.7. The number of amides is 1. The first-order valence-corrected chi connectivity index (χ1v) is 6.12. The van der Waals surface area contributed by atoms with Gasteiger partial charge < -0.3 is 14.8 Å². The van der Waals surface area contributed by atoms with Gasteiger partial charge in [0.2, 0.25) is 0 Å². The normalized spacial score (nSPS) is 12.1. The maximum Gasteiger partial charge on any atom is 0.326 e. The Labute approximate surface area is 107 Å². The molecule has 94 valence electrons. The minimum Gasteiger partial charge on any atom is -0.480 e. The summed E-state index contributed by atoms with van der Waals surface area (Å²) in [5.74, 6) is -1.47.